The molecule has 0 bridgehead atoms. The van der Waals surface area contributed by atoms with E-state index in [-0.39, 0.29) is 0 Å². The normalized spacial score (nSPS) is 10.5. The predicted molar refractivity (Wildman–Crippen MR) is 86.9 cm³/mol. The van der Waals surface area contributed by atoms with Crippen LogP contribution in [0.3, 0.4) is 0 Å². The number of hydrogen-bond donors (Lipinski definition) is 1. The van der Waals surface area contributed by atoms with E-state index in [2.05, 4.69) is 58.5 Å². The minimum absolute atomic E-state index is 0.735. The summed E-state index contributed by atoms with van der Waals surface area (Å²) in [5, 5.41) is 4.27. The van der Waals surface area contributed by atoms with Crippen molar-refractivity contribution < 1.29 is 0 Å². The maximum Gasteiger partial charge on any atom is 0.0456 e. The molecule has 0 saturated heterocycles. The fraction of sp³-hybridized carbons (Fsp3) is 0.250. The molecule has 0 aliphatic rings. The van der Waals surface area contributed by atoms with Gasteiger partial charge in [0.05, 0.1) is 0 Å². The Morgan fingerprint density at radius 3 is 2.68 bits per heavy atom. The molecule has 0 aliphatic heterocycles. The van der Waals surface area contributed by atoms with E-state index in [9.17, 15) is 0 Å². The molecule has 2 aromatic rings. The van der Waals surface area contributed by atoms with Crippen LogP contribution in [0.1, 0.15) is 24.5 Å². The number of nitrogens with one attached hydrogen (secondary N) is 1. The highest BCUT2D eigenvalue weighted by atomic mass is 79.9. The summed E-state index contributed by atoms with van der Waals surface area (Å²) in [5.74, 6) is 0. The first kappa shape index (κ1) is 14.4. The molecular weight excluding hydrogens is 322 g/mol. The molecule has 2 aromatic carbocycles. The lowest BCUT2D eigenvalue weighted by Gasteiger charge is -2.12. The van der Waals surface area contributed by atoms with Crippen LogP contribution in [0.25, 0.3) is 0 Å². The van der Waals surface area contributed by atoms with Crippen molar-refractivity contribution >= 4 is 33.2 Å². The van der Waals surface area contributed by atoms with E-state index >= 15 is 0 Å². The topological polar surface area (TPSA) is 12.0 Å². The molecule has 0 fully saturated rings. The Hall–Kier alpha value is -0.990. The van der Waals surface area contributed by atoms with E-state index in [1.54, 1.807) is 0 Å². The number of aryl methyl sites for hydroxylation is 1. The van der Waals surface area contributed by atoms with Gasteiger partial charge < -0.3 is 5.32 Å². The first-order chi connectivity index (χ1) is 9.20. The highest BCUT2D eigenvalue weighted by Crippen LogP contribution is 2.23. The van der Waals surface area contributed by atoms with Gasteiger partial charge in [0.1, 0.15) is 0 Å². The fourth-order valence-electron chi connectivity index (χ4n) is 2.05. The Morgan fingerprint density at radius 2 is 1.89 bits per heavy atom. The molecular formula is C16H17BrClN. The summed E-state index contributed by atoms with van der Waals surface area (Å²) in [5.41, 5.74) is 3.65. The Morgan fingerprint density at radius 1 is 1.11 bits per heavy atom. The van der Waals surface area contributed by atoms with Crippen LogP contribution in [0.2, 0.25) is 5.02 Å². The molecule has 2 rings (SSSR count). The molecule has 0 saturated carbocycles. The highest BCUT2D eigenvalue weighted by Gasteiger charge is 2.04. The van der Waals surface area contributed by atoms with Gasteiger partial charge in [0.2, 0.25) is 0 Å². The zero-order chi connectivity index (χ0) is 13.7. The lowest BCUT2D eigenvalue weighted by atomic mass is 10.1. The third-order valence-corrected chi connectivity index (χ3v) is 3.88. The number of benzene rings is 2. The first-order valence-electron chi connectivity index (χ1n) is 6.46. The van der Waals surface area contributed by atoms with Crippen LogP contribution in [-0.2, 0) is 13.0 Å². The first-order valence-corrected chi connectivity index (χ1v) is 7.63. The largest absolute Gasteiger partial charge is 0.381 e. The number of para-hydroxylation sites is 1. The van der Waals surface area contributed by atoms with Crippen molar-refractivity contribution in [2.24, 2.45) is 0 Å². The van der Waals surface area contributed by atoms with Crippen LogP contribution in [0.15, 0.2) is 46.9 Å². The summed E-state index contributed by atoms with van der Waals surface area (Å²) >= 11 is 9.68. The van der Waals surface area contributed by atoms with Crippen LogP contribution in [0.5, 0.6) is 0 Å². The van der Waals surface area contributed by atoms with Crippen molar-refractivity contribution in [2.75, 3.05) is 5.32 Å². The van der Waals surface area contributed by atoms with Crippen LogP contribution in [0.4, 0.5) is 5.69 Å². The predicted octanol–water partition coefficient (Wildman–Crippen LogP) is 5.67. The summed E-state index contributed by atoms with van der Waals surface area (Å²) in [6.45, 7) is 2.93. The molecule has 0 aromatic heterocycles. The van der Waals surface area contributed by atoms with Crippen molar-refractivity contribution in [3.63, 3.8) is 0 Å². The van der Waals surface area contributed by atoms with E-state index in [1.165, 1.54) is 11.3 Å². The number of anilines is 1. The van der Waals surface area contributed by atoms with Gasteiger partial charge in [0.15, 0.2) is 0 Å². The molecule has 0 unspecified atom stereocenters. The quantitative estimate of drug-likeness (QED) is 0.741. The van der Waals surface area contributed by atoms with Crippen molar-refractivity contribution in [3.8, 4) is 0 Å². The summed E-state index contributed by atoms with van der Waals surface area (Å²) in [4.78, 5) is 0. The Kier molecular flexibility index (Phi) is 5.29. The fourth-order valence-corrected chi connectivity index (χ4v) is 2.64. The molecule has 0 radical (unpaired) electrons. The van der Waals surface area contributed by atoms with Gasteiger partial charge in [-0.3, -0.25) is 0 Å². The van der Waals surface area contributed by atoms with E-state index in [4.69, 9.17) is 11.6 Å². The third kappa shape index (κ3) is 3.99. The average molecular weight is 339 g/mol. The molecule has 0 heterocycles. The smallest absolute Gasteiger partial charge is 0.0456 e. The van der Waals surface area contributed by atoms with Crippen LogP contribution < -0.4 is 5.32 Å². The molecule has 19 heavy (non-hydrogen) atoms. The molecule has 0 aliphatic carbocycles. The minimum atomic E-state index is 0.735. The maximum atomic E-state index is 6.20. The van der Waals surface area contributed by atoms with Gasteiger partial charge in [-0.1, -0.05) is 59.1 Å². The van der Waals surface area contributed by atoms with Gasteiger partial charge in [-0.15, -0.1) is 0 Å². The summed E-state index contributed by atoms with van der Waals surface area (Å²) in [7, 11) is 0. The van der Waals surface area contributed by atoms with E-state index in [0.717, 1.165) is 34.4 Å². The molecule has 1 nitrogen and oxygen atoms in total. The van der Waals surface area contributed by atoms with Gasteiger partial charge >= 0.3 is 0 Å². The number of rotatable bonds is 5. The number of halogens is 2. The van der Waals surface area contributed by atoms with Crippen LogP contribution >= 0.6 is 27.5 Å². The molecule has 1 N–H and O–H groups in total. The highest BCUT2D eigenvalue weighted by molar-refractivity contribution is 9.10. The van der Waals surface area contributed by atoms with Gasteiger partial charge in [-0.25, -0.2) is 0 Å². The summed E-state index contributed by atoms with van der Waals surface area (Å²) in [6, 6.07) is 14.4. The van der Waals surface area contributed by atoms with Crippen molar-refractivity contribution in [3.05, 3.63) is 63.1 Å². The summed E-state index contributed by atoms with van der Waals surface area (Å²) in [6.07, 6.45) is 2.24. The van der Waals surface area contributed by atoms with Crippen molar-refractivity contribution in [1.82, 2.24) is 0 Å². The Balaban J connectivity index is 2.12. The standard InChI is InChI=1S/C16H17BrClN/c1-2-5-12-6-3-4-7-16(12)19-11-13-10-14(17)8-9-15(13)18/h3-4,6-10,19H,2,5,11H2,1H3. The van der Waals surface area contributed by atoms with Crippen molar-refractivity contribution in [1.29, 1.82) is 0 Å². The van der Waals surface area contributed by atoms with Crippen LogP contribution in [0, 0.1) is 0 Å². The van der Waals surface area contributed by atoms with Crippen molar-refractivity contribution in [2.45, 2.75) is 26.3 Å². The zero-order valence-corrected chi connectivity index (χ0v) is 13.3. The van der Waals surface area contributed by atoms with Gasteiger partial charge in [0.25, 0.3) is 0 Å². The van der Waals surface area contributed by atoms with Gasteiger partial charge in [0, 0.05) is 21.7 Å². The number of hydrogen-bond acceptors (Lipinski definition) is 1. The maximum absolute atomic E-state index is 6.20. The Labute approximate surface area is 128 Å². The van der Waals surface area contributed by atoms with E-state index in [0.29, 0.717) is 0 Å². The second-order valence-electron chi connectivity index (χ2n) is 4.50. The van der Waals surface area contributed by atoms with Gasteiger partial charge in [-0.05, 0) is 41.8 Å². The average Bonchev–Trinajstić information content (AvgIpc) is 2.42. The molecule has 0 atom stereocenters. The monoisotopic (exact) mass is 337 g/mol. The SMILES string of the molecule is CCCc1ccccc1NCc1cc(Br)ccc1Cl. The lowest BCUT2D eigenvalue weighted by molar-refractivity contribution is 0.919. The molecule has 0 amide bonds. The minimum Gasteiger partial charge on any atom is -0.381 e. The second kappa shape index (κ2) is 6.97. The van der Waals surface area contributed by atoms with Gasteiger partial charge in [-0.2, -0.15) is 0 Å². The molecule has 3 heteroatoms. The van der Waals surface area contributed by atoms with E-state index < -0.39 is 0 Å². The third-order valence-electron chi connectivity index (χ3n) is 3.01. The second-order valence-corrected chi connectivity index (χ2v) is 5.82. The molecule has 100 valence electrons. The van der Waals surface area contributed by atoms with E-state index in [1.807, 2.05) is 12.1 Å². The lowest BCUT2D eigenvalue weighted by Crippen LogP contribution is -2.03. The zero-order valence-electron chi connectivity index (χ0n) is 10.9. The summed E-state index contributed by atoms with van der Waals surface area (Å²) < 4.78 is 1.05. The van der Waals surface area contributed by atoms with Crippen LogP contribution in [-0.4, -0.2) is 0 Å². The Bertz CT molecular complexity index is 554. The molecule has 0 spiro atoms.